The van der Waals surface area contributed by atoms with Crippen LogP contribution >= 0.6 is 11.6 Å². The largest absolute Gasteiger partial charge is 0.497 e. The van der Waals surface area contributed by atoms with Gasteiger partial charge in [-0.3, -0.25) is 9.71 Å². The number of halogens is 2. The van der Waals surface area contributed by atoms with E-state index < -0.39 is 15.8 Å². The monoisotopic (exact) mass is 555 g/mol. The van der Waals surface area contributed by atoms with E-state index in [-0.39, 0.29) is 41.4 Å². The molecule has 38 heavy (non-hydrogen) atoms. The molecule has 0 amide bonds. The molecule has 0 atom stereocenters. The maximum absolute atomic E-state index is 14.5. The van der Waals surface area contributed by atoms with Gasteiger partial charge in [-0.15, -0.1) is 0 Å². The number of anilines is 1. The predicted octanol–water partition coefficient (Wildman–Crippen LogP) is 5.70. The summed E-state index contributed by atoms with van der Waals surface area (Å²) in [4.78, 5) is 4.44. The van der Waals surface area contributed by atoms with Crippen molar-refractivity contribution in [3.05, 3.63) is 89.0 Å². The van der Waals surface area contributed by atoms with Gasteiger partial charge in [-0.05, 0) is 48.0 Å². The van der Waals surface area contributed by atoms with Crippen LogP contribution in [-0.4, -0.2) is 36.4 Å². The average Bonchev–Trinajstić information content (AvgIpc) is 3.21. The van der Waals surface area contributed by atoms with Gasteiger partial charge >= 0.3 is 0 Å². The van der Waals surface area contributed by atoms with Gasteiger partial charge in [0.15, 0.2) is 5.75 Å². The third kappa shape index (κ3) is 5.05. The van der Waals surface area contributed by atoms with Crippen LogP contribution in [0.3, 0.4) is 0 Å². The van der Waals surface area contributed by atoms with Crippen molar-refractivity contribution >= 4 is 49.0 Å². The Morgan fingerprint density at radius 2 is 1.89 bits per heavy atom. The third-order valence-electron chi connectivity index (χ3n) is 6.02. The van der Waals surface area contributed by atoms with Gasteiger partial charge in [-0.25, -0.2) is 12.8 Å². The second-order valence-electron chi connectivity index (χ2n) is 8.72. The molecule has 5 rings (SSSR count). The Labute approximate surface area is 223 Å². The predicted molar refractivity (Wildman–Crippen MR) is 145 cm³/mol. The van der Waals surface area contributed by atoms with Crippen molar-refractivity contribution in [1.82, 2.24) is 9.55 Å². The van der Waals surface area contributed by atoms with Crippen LogP contribution in [-0.2, 0) is 23.2 Å². The Hall–Kier alpha value is -4.02. The van der Waals surface area contributed by atoms with Gasteiger partial charge in [0.2, 0.25) is 15.9 Å². The summed E-state index contributed by atoms with van der Waals surface area (Å²) in [6, 6.07) is 14.8. The minimum atomic E-state index is -3.71. The van der Waals surface area contributed by atoms with Crippen molar-refractivity contribution in [3.8, 4) is 17.4 Å². The molecular weight excluding hydrogens is 533 g/mol. The highest BCUT2D eigenvalue weighted by Crippen LogP contribution is 2.46. The number of fused-ring (bicyclic) bond motifs is 2. The lowest BCUT2D eigenvalue weighted by atomic mass is 10.1. The summed E-state index contributed by atoms with van der Waals surface area (Å²) in [5.41, 5.74) is 1.65. The maximum atomic E-state index is 14.5. The molecule has 8 nitrogen and oxygen atoms in total. The van der Waals surface area contributed by atoms with Crippen molar-refractivity contribution in [2.24, 2.45) is 0 Å². The number of aromatic nitrogens is 2. The van der Waals surface area contributed by atoms with Gasteiger partial charge in [0.1, 0.15) is 23.7 Å². The number of sulfonamides is 1. The first kappa shape index (κ1) is 25.6. The van der Waals surface area contributed by atoms with E-state index in [0.29, 0.717) is 27.1 Å². The van der Waals surface area contributed by atoms with Crippen LogP contribution in [0.25, 0.3) is 21.7 Å². The Kier molecular flexibility index (Phi) is 6.77. The number of pyridine rings is 1. The van der Waals surface area contributed by atoms with Crippen LogP contribution in [0.4, 0.5) is 10.1 Å². The molecule has 196 valence electrons. The molecular formula is C27H23ClFN3O5S. The van der Waals surface area contributed by atoms with Crippen LogP contribution < -0.4 is 14.2 Å². The Balaban J connectivity index is 1.71. The molecule has 0 bridgehead atoms. The molecule has 0 aliphatic heterocycles. The van der Waals surface area contributed by atoms with Crippen molar-refractivity contribution in [1.29, 1.82) is 0 Å². The molecule has 0 fully saturated rings. The topological polar surface area (TPSA) is 103 Å². The van der Waals surface area contributed by atoms with E-state index >= 15 is 0 Å². The number of hydrogen-bond donors (Lipinski definition) is 2. The summed E-state index contributed by atoms with van der Waals surface area (Å²) in [5, 5.41) is 12.8. The van der Waals surface area contributed by atoms with E-state index in [2.05, 4.69) is 9.71 Å². The number of methoxy groups -OCH3 is 1. The Bertz CT molecular complexity index is 1770. The van der Waals surface area contributed by atoms with E-state index in [1.807, 2.05) is 12.1 Å². The molecule has 0 unspecified atom stereocenters. The molecule has 0 aliphatic rings. The van der Waals surface area contributed by atoms with Crippen LogP contribution in [0.5, 0.6) is 17.4 Å². The molecule has 2 aromatic heterocycles. The number of nitrogens with one attached hydrogen (secondary N) is 1. The summed E-state index contributed by atoms with van der Waals surface area (Å²) < 4.78 is 54.5. The molecule has 0 aliphatic carbocycles. The standard InChI is InChI=1S/C27H23ClFN3O5S/c1-36-19-8-5-16(6-9-19)15-37-26-23-21(24(31-38(2,34)35)20-4-3-11-30-25(20)26)14-32(27(23)33)13-17-12-18(28)7-10-22(17)29/h3-12,14,31,33H,13,15H2,1-2H3. The van der Waals surface area contributed by atoms with E-state index in [0.717, 1.165) is 11.8 Å². The molecule has 0 saturated heterocycles. The molecule has 3 aromatic carbocycles. The maximum Gasteiger partial charge on any atom is 0.229 e. The number of ether oxygens (including phenoxy) is 2. The average molecular weight is 556 g/mol. The summed E-state index contributed by atoms with van der Waals surface area (Å²) in [6.07, 6.45) is 4.13. The van der Waals surface area contributed by atoms with E-state index in [4.69, 9.17) is 21.1 Å². The van der Waals surface area contributed by atoms with Crippen LogP contribution in [0.15, 0.2) is 67.0 Å². The van der Waals surface area contributed by atoms with Gasteiger partial charge in [0, 0.05) is 33.8 Å². The van der Waals surface area contributed by atoms with Crippen LogP contribution in [0.2, 0.25) is 5.02 Å². The lowest BCUT2D eigenvalue weighted by Crippen LogP contribution is -2.10. The summed E-state index contributed by atoms with van der Waals surface area (Å²) in [7, 11) is -2.13. The van der Waals surface area contributed by atoms with E-state index in [1.165, 1.54) is 22.8 Å². The van der Waals surface area contributed by atoms with Crippen molar-refractivity contribution in [2.45, 2.75) is 13.2 Å². The first-order valence-electron chi connectivity index (χ1n) is 11.4. The summed E-state index contributed by atoms with van der Waals surface area (Å²) >= 11 is 6.06. The second-order valence-corrected chi connectivity index (χ2v) is 10.9. The van der Waals surface area contributed by atoms with Crippen molar-refractivity contribution in [2.75, 3.05) is 18.1 Å². The second kappa shape index (κ2) is 10.0. The molecule has 2 heterocycles. The van der Waals surface area contributed by atoms with E-state index in [9.17, 15) is 17.9 Å². The molecule has 0 radical (unpaired) electrons. The Morgan fingerprint density at radius 1 is 1.13 bits per heavy atom. The molecule has 0 saturated carbocycles. The normalized spacial score (nSPS) is 11.7. The molecule has 2 N–H and O–H groups in total. The highest BCUT2D eigenvalue weighted by atomic mass is 35.5. The summed E-state index contributed by atoms with van der Waals surface area (Å²) in [6.45, 7) is 0.0735. The first-order valence-corrected chi connectivity index (χ1v) is 13.7. The third-order valence-corrected chi connectivity index (χ3v) is 6.83. The number of rotatable bonds is 8. The molecule has 11 heteroatoms. The number of benzene rings is 3. The first-order chi connectivity index (χ1) is 18.1. The van der Waals surface area contributed by atoms with Crippen LogP contribution in [0.1, 0.15) is 11.1 Å². The minimum Gasteiger partial charge on any atom is -0.497 e. The number of hydrogen-bond acceptors (Lipinski definition) is 6. The van der Waals surface area contributed by atoms with Crippen molar-refractivity contribution in [3.63, 3.8) is 0 Å². The van der Waals surface area contributed by atoms with Crippen LogP contribution in [0, 0.1) is 5.82 Å². The molecule has 5 aromatic rings. The van der Waals surface area contributed by atoms with Gasteiger partial charge < -0.3 is 19.1 Å². The number of aromatic hydroxyl groups is 1. The fourth-order valence-corrected chi connectivity index (χ4v) is 5.08. The quantitative estimate of drug-likeness (QED) is 0.255. The van der Waals surface area contributed by atoms with E-state index in [1.54, 1.807) is 43.8 Å². The highest BCUT2D eigenvalue weighted by molar-refractivity contribution is 7.92. The van der Waals surface area contributed by atoms with Gasteiger partial charge in [-0.2, -0.15) is 0 Å². The zero-order chi connectivity index (χ0) is 27.0. The molecule has 0 spiro atoms. The highest BCUT2D eigenvalue weighted by Gasteiger charge is 2.24. The lowest BCUT2D eigenvalue weighted by molar-refractivity contribution is 0.311. The fraction of sp³-hybridized carbons (Fsp3) is 0.148. The SMILES string of the molecule is COc1ccc(COc2c3ncccc3c(NS(C)(=O)=O)c3cn(Cc4cc(Cl)ccc4F)c(O)c23)cc1. The lowest BCUT2D eigenvalue weighted by Gasteiger charge is -2.15. The summed E-state index contributed by atoms with van der Waals surface area (Å²) in [5.74, 6) is 0.216. The number of nitrogens with zero attached hydrogens (tertiary/aromatic N) is 2. The van der Waals surface area contributed by atoms with Gasteiger partial charge in [0.25, 0.3) is 0 Å². The zero-order valence-corrected chi connectivity index (χ0v) is 22.0. The van der Waals surface area contributed by atoms with Crippen molar-refractivity contribution < 1.29 is 27.4 Å². The minimum absolute atomic E-state index is 0.0626. The van der Waals surface area contributed by atoms with Gasteiger partial charge in [0.05, 0.1) is 31.0 Å². The van der Waals surface area contributed by atoms with Gasteiger partial charge in [-0.1, -0.05) is 23.7 Å². The fourth-order valence-electron chi connectivity index (χ4n) is 4.29. The Morgan fingerprint density at radius 3 is 2.61 bits per heavy atom. The smallest absolute Gasteiger partial charge is 0.229 e. The zero-order valence-electron chi connectivity index (χ0n) is 20.4.